The maximum atomic E-state index is 17.0. The molecule has 0 aliphatic carbocycles. The lowest BCUT2D eigenvalue weighted by Gasteiger charge is -2.42. The van der Waals surface area contributed by atoms with E-state index in [-0.39, 0.29) is 35.5 Å². The lowest BCUT2D eigenvalue weighted by molar-refractivity contribution is 0.00706. The third-order valence-electron chi connectivity index (χ3n) is 16.1. The number of likely N-dealkylation sites (tertiary alicyclic amines) is 1. The summed E-state index contributed by atoms with van der Waals surface area (Å²) < 4.78 is 61.9. The van der Waals surface area contributed by atoms with Crippen LogP contribution in [-0.4, -0.2) is 184 Å². The van der Waals surface area contributed by atoms with Crippen molar-refractivity contribution in [3.8, 4) is 52.6 Å². The highest BCUT2D eigenvalue weighted by atomic mass is 35.5. The van der Waals surface area contributed by atoms with E-state index in [0.29, 0.717) is 99.9 Å². The van der Waals surface area contributed by atoms with Crippen LogP contribution in [0.5, 0.6) is 17.8 Å². The maximum absolute atomic E-state index is 17.0. The van der Waals surface area contributed by atoms with Gasteiger partial charge in [-0.25, -0.2) is 13.8 Å². The molecule has 7 aromatic rings. The van der Waals surface area contributed by atoms with Crippen LogP contribution in [0.1, 0.15) is 31.2 Å². The van der Waals surface area contributed by atoms with Crippen LogP contribution in [0, 0.1) is 24.0 Å². The van der Waals surface area contributed by atoms with Crippen molar-refractivity contribution in [2.24, 2.45) is 0 Å². The molecule has 6 atom stereocenters. The van der Waals surface area contributed by atoms with Crippen LogP contribution >= 0.6 is 11.6 Å². The number of ether oxygens (including phenoxy) is 5. The van der Waals surface area contributed by atoms with Gasteiger partial charge >= 0.3 is 6.01 Å². The van der Waals surface area contributed by atoms with Crippen molar-refractivity contribution < 1.29 is 37.6 Å². The largest absolute Gasteiger partial charge is 0.492 e. The molecule has 2 bridgehead atoms. The Kier molecular flexibility index (Phi) is 13.5. The topological polar surface area (TPSA) is 172 Å². The van der Waals surface area contributed by atoms with Crippen molar-refractivity contribution in [3.63, 3.8) is 0 Å². The monoisotopic (exact) mass is 1050 g/mol. The molecule has 394 valence electrons. The second-order valence-electron chi connectivity index (χ2n) is 20.7. The van der Waals surface area contributed by atoms with Gasteiger partial charge in [0, 0.05) is 93.2 Å². The zero-order valence-electron chi connectivity index (χ0n) is 41.8. The number of pyridine rings is 2. The number of H-pyrrole nitrogens is 1. The number of fused-ring (bicyclic) bond motifs is 6. The number of terminal acetylenes is 1. The summed E-state index contributed by atoms with van der Waals surface area (Å²) in [5.74, 6) is 2.67. The zero-order chi connectivity index (χ0) is 51.4. The smallest absolute Gasteiger partial charge is 0.319 e. The van der Waals surface area contributed by atoms with Gasteiger partial charge in [0.2, 0.25) is 0 Å². The van der Waals surface area contributed by atoms with Crippen LogP contribution in [0.3, 0.4) is 0 Å². The predicted octanol–water partition coefficient (Wildman–Crippen LogP) is 6.08. The Balaban J connectivity index is 0.584. The molecule has 2 unspecified atom stereocenters. The molecule has 0 amide bonds. The minimum absolute atomic E-state index is 0.0409. The molecular formula is C56H58ClF2N11O6. The van der Waals surface area contributed by atoms with Gasteiger partial charge in [0.25, 0.3) is 6.01 Å². The first-order chi connectivity index (χ1) is 37.2. The van der Waals surface area contributed by atoms with E-state index >= 15 is 4.39 Å². The first kappa shape index (κ1) is 49.2. The summed E-state index contributed by atoms with van der Waals surface area (Å²) in [5, 5.41) is 15.8. The van der Waals surface area contributed by atoms with E-state index in [4.69, 9.17) is 51.7 Å². The number of rotatable bonds is 14. The fourth-order valence-corrected chi connectivity index (χ4v) is 12.4. The number of anilines is 1. The second-order valence-corrected chi connectivity index (χ2v) is 21.2. The average molecular weight is 1050 g/mol. The molecule has 13 rings (SSSR count). The third-order valence-corrected chi connectivity index (χ3v) is 16.4. The van der Waals surface area contributed by atoms with E-state index in [9.17, 15) is 9.50 Å². The summed E-state index contributed by atoms with van der Waals surface area (Å²) in [4.78, 5) is 36.4. The van der Waals surface area contributed by atoms with Crippen LogP contribution in [-0.2, 0) is 9.47 Å². The van der Waals surface area contributed by atoms with Gasteiger partial charge in [-0.05, 0) is 80.6 Å². The molecule has 10 heterocycles. The zero-order valence-corrected chi connectivity index (χ0v) is 42.6. The lowest BCUT2D eigenvalue weighted by Crippen LogP contribution is -2.53. The molecule has 3 N–H and O–H groups in total. The lowest BCUT2D eigenvalue weighted by atomic mass is 9.96. The first-order valence-corrected chi connectivity index (χ1v) is 26.8. The van der Waals surface area contributed by atoms with E-state index in [1.807, 2.05) is 30.3 Å². The van der Waals surface area contributed by atoms with Gasteiger partial charge in [0.1, 0.15) is 60.1 Å². The minimum Gasteiger partial charge on any atom is -0.492 e. The number of benzene rings is 3. The molecule has 20 heteroatoms. The Morgan fingerprint density at radius 2 is 1.58 bits per heavy atom. The number of aromatic amines is 1. The summed E-state index contributed by atoms with van der Waals surface area (Å²) in [6.45, 7) is 10.3. The van der Waals surface area contributed by atoms with Crippen molar-refractivity contribution in [3.05, 3.63) is 89.1 Å². The fourth-order valence-electron chi connectivity index (χ4n) is 12.1. The Bertz CT molecular complexity index is 3320. The number of aliphatic hydroxyl groups excluding tert-OH is 1. The highest BCUT2D eigenvalue weighted by Gasteiger charge is 2.49. The van der Waals surface area contributed by atoms with E-state index in [0.717, 1.165) is 95.9 Å². The van der Waals surface area contributed by atoms with Gasteiger partial charge in [-0.3, -0.25) is 19.7 Å². The summed E-state index contributed by atoms with van der Waals surface area (Å²) in [6, 6.07) is 19.5. The molecule has 0 saturated carbocycles. The minimum atomic E-state index is -0.660. The molecule has 6 aliphatic rings. The van der Waals surface area contributed by atoms with Crippen LogP contribution in [0.25, 0.3) is 55.4 Å². The van der Waals surface area contributed by atoms with Crippen molar-refractivity contribution in [2.75, 3.05) is 96.8 Å². The number of aromatic nitrogens is 6. The molecule has 0 spiro atoms. The van der Waals surface area contributed by atoms with Crippen molar-refractivity contribution in [2.45, 2.75) is 68.2 Å². The van der Waals surface area contributed by atoms with E-state index in [2.05, 4.69) is 50.8 Å². The van der Waals surface area contributed by atoms with E-state index in [1.165, 1.54) is 6.07 Å². The Morgan fingerprint density at radius 3 is 2.37 bits per heavy atom. The molecule has 17 nitrogen and oxygen atoms in total. The highest BCUT2D eigenvalue weighted by molar-refractivity contribution is 6.33. The van der Waals surface area contributed by atoms with Gasteiger partial charge < -0.3 is 44.0 Å². The van der Waals surface area contributed by atoms with E-state index < -0.39 is 29.9 Å². The number of hydrogen-bond donors (Lipinski definition) is 3. The van der Waals surface area contributed by atoms with Gasteiger partial charge in [-0.15, -0.1) is 6.42 Å². The molecule has 6 saturated heterocycles. The number of piperazine rings is 2. The van der Waals surface area contributed by atoms with Crippen molar-refractivity contribution >= 4 is 50.3 Å². The van der Waals surface area contributed by atoms with Gasteiger partial charge in [0.05, 0.1) is 40.4 Å². The third kappa shape index (κ3) is 9.63. The molecule has 76 heavy (non-hydrogen) atoms. The number of imidazole rings is 1. The number of nitrogens with one attached hydrogen (secondary N) is 2. The number of hydrogen-bond acceptors (Lipinski definition) is 16. The second kappa shape index (κ2) is 20.9. The van der Waals surface area contributed by atoms with Gasteiger partial charge in [-0.1, -0.05) is 41.8 Å². The van der Waals surface area contributed by atoms with Crippen LogP contribution < -0.4 is 24.4 Å². The van der Waals surface area contributed by atoms with Crippen molar-refractivity contribution in [1.82, 2.24) is 49.9 Å². The summed E-state index contributed by atoms with van der Waals surface area (Å²) in [6.07, 6.45) is 9.98. The first-order valence-electron chi connectivity index (χ1n) is 26.4. The Hall–Kier alpha value is -6.34. The van der Waals surface area contributed by atoms with Crippen molar-refractivity contribution in [1.29, 1.82) is 0 Å². The number of nitrogens with zero attached hydrogens (tertiary/aromatic N) is 9. The standard InChI is InChI=1S/C56H58ClF2N11O6/c1-2-38-42(58)13-8-32-4-3-5-39(46(32)38)49-47(59)50-40(27-60-49)54(70-28-34-9-10-35(29-70)61-34)66-55(64-50)73-25-23-68-18-20-69(21-19-68)36-14-16-67(17-15-36)22-24-72-37-11-6-33(7-12-37)48-41(57)26-43-53(63-48)65-56(62-43)76-45-31-75-51-44(71)30-74-52(45)51/h1,3-8,11-13,26-27,34-36,44-45,51-52,61,71H,9-10,14-25,28-31H2,(H,62,63,65)/t34?,35?,44-,45-,51-,52-/m1/s1. The normalized spacial score (nSPS) is 24.4. The summed E-state index contributed by atoms with van der Waals surface area (Å²) in [7, 11) is 0. The van der Waals surface area contributed by atoms with Crippen LogP contribution in [0.4, 0.5) is 14.6 Å². The average Bonchev–Trinajstić information content (AvgIpc) is 4.26. The molecule has 4 aromatic heterocycles. The quantitative estimate of drug-likeness (QED) is 0.107. The van der Waals surface area contributed by atoms with E-state index in [1.54, 1.807) is 30.5 Å². The van der Waals surface area contributed by atoms with Crippen LogP contribution in [0.2, 0.25) is 5.02 Å². The summed E-state index contributed by atoms with van der Waals surface area (Å²) in [5.41, 5.74) is 3.18. The van der Waals surface area contributed by atoms with Gasteiger partial charge in [-0.2, -0.15) is 15.0 Å². The molecule has 6 fully saturated rings. The SMILES string of the molecule is C#Cc1c(F)ccc2cccc(-c3ncc4c(N5CC6CCC(C5)N6)nc(OCCN5CCN(C6CCN(CCOc7ccc(-c8nc9nc(O[C@@H]%10CO[C@H]%11[C@@H]%10OC[C@H]%11O)[nH]c9cc8Cl)cc7)CC6)CC5)nc4c3F)c12. The van der Waals surface area contributed by atoms with Crippen LogP contribution in [0.15, 0.2) is 66.9 Å². The Morgan fingerprint density at radius 1 is 0.816 bits per heavy atom. The molecular weight excluding hydrogens is 996 g/mol. The number of piperidine rings is 1. The maximum Gasteiger partial charge on any atom is 0.319 e. The van der Waals surface area contributed by atoms with Gasteiger partial charge in [0.15, 0.2) is 17.6 Å². The molecule has 6 aliphatic heterocycles. The predicted molar refractivity (Wildman–Crippen MR) is 283 cm³/mol. The molecule has 3 aromatic carbocycles. The highest BCUT2D eigenvalue weighted by Crippen LogP contribution is 2.38. The fraction of sp³-hybridized carbons (Fsp3) is 0.446. The number of aliphatic hydroxyl groups is 1. The summed E-state index contributed by atoms with van der Waals surface area (Å²) >= 11 is 6.71. The Labute approximate surface area is 442 Å². The molecule has 0 radical (unpaired) electrons. The number of halogens is 3.